The fourth-order valence-corrected chi connectivity index (χ4v) is 2.18. The first-order valence-corrected chi connectivity index (χ1v) is 6.83. The highest BCUT2D eigenvalue weighted by molar-refractivity contribution is 9.09. The van der Waals surface area contributed by atoms with Crippen molar-refractivity contribution in [2.45, 2.75) is 40.5 Å². The molecule has 0 fully saturated rings. The van der Waals surface area contributed by atoms with Gasteiger partial charge in [-0.25, -0.2) is 0 Å². The molecule has 0 aromatic carbocycles. The highest BCUT2D eigenvalue weighted by Gasteiger charge is 2.11. The molecular weight excluding hydrogens is 240 g/mol. The molecular formula is C12H25BrO. The molecule has 1 unspecified atom stereocenters. The van der Waals surface area contributed by atoms with Crippen LogP contribution in [0.3, 0.4) is 0 Å². The summed E-state index contributed by atoms with van der Waals surface area (Å²) in [5, 5.41) is 1.05. The van der Waals surface area contributed by atoms with Crippen molar-refractivity contribution in [3.05, 3.63) is 0 Å². The normalized spacial score (nSPS) is 13.9. The molecule has 0 aromatic rings. The van der Waals surface area contributed by atoms with Gasteiger partial charge < -0.3 is 4.74 Å². The molecule has 0 aliphatic rings. The van der Waals surface area contributed by atoms with Crippen molar-refractivity contribution in [3.63, 3.8) is 0 Å². The Bertz CT molecular complexity index is 123. The maximum Gasteiger partial charge on any atom is 0.0504 e. The van der Waals surface area contributed by atoms with Crippen LogP contribution in [0.15, 0.2) is 0 Å². The molecule has 0 bridgehead atoms. The Labute approximate surface area is 97.7 Å². The monoisotopic (exact) mass is 264 g/mol. The topological polar surface area (TPSA) is 9.23 Å². The van der Waals surface area contributed by atoms with Gasteiger partial charge >= 0.3 is 0 Å². The third-order valence-corrected chi connectivity index (χ3v) is 3.37. The molecule has 14 heavy (non-hydrogen) atoms. The van der Waals surface area contributed by atoms with Crippen LogP contribution >= 0.6 is 15.9 Å². The number of rotatable bonds is 8. The van der Waals surface area contributed by atoms with Gasteiger partial charge in [0.1, 0.15) is 0 Å². The molecule has 0 radical (unpaired) electrons. The minimum atomic E-state index is 0.661. The van der Waals surface area contributed by atoms with Gasteiger partial charge in [-0.05, 0) is 30.6 Å². The number of halogens is 1. The van der Waals surface area contributed by atoms with E-state index in [-0.39, 0.29) is 0 Å². The second-order valence-corrected chi connectivity index (χ2v) is 5.42. The molecule has 0 amide bonds. The standard InChI is InChI=1S/C12H25BrO/c1-10(2)6-5-7-14-9-12(8-13)11(3)4/h10-12H,5-9H2,1-4H3. The summed E-state index contributed by atoms with van der Waals surface area (Å²) in [6.45, 7) is 10.9. The van der Waals surface area contributed by atoms with Crippen LogP contribution in [0.25, 0.3) is 0 Å². The molecule has 86 valence electrons. The van der Waals surface area contributed by atoms with Crippen LogP contribution < -0.4 is 0 Å². The van der Waals surface area contributed by atoms with Crippen LogP contribution in [0.1, 0.15) is 40.5 Å². The zero-order valence-electron chi connectivity index (χ0n) is 10.1. The largest absolute Gasteiger partial charge is 0.381 e. The van der Waals surface area contributed by atoms with Gasteiger partial charge in [-0.3, -0.25) is 0 Å². The number of hydrogen-bond donors (Lipinski definition) is 0. The van der Waals surface area contributed by atoms with E-state index in [1.807, 2.05) is 0 Å². The molecule has 0 spiro atoms. The molecule has 0 rings (SSSR count). The number of ether oxygens (including phenoxy) is 1. The van der Waals surface area contributed by atoms with Crippen molar-refractivity contribution in [1.82, 2.24) is 0 Å². The summed E-state index contributed by atoms with van der Waals surface area (Å²) >= 11 is 3.53. The van der Waals surface area contributed by atoms with Gasteiger partial charge in [-0.1, -0.05) is 43.6 Å². The van der Waals surface area contributed by atoms with Gasteiger partial charge in [-0.15, -0.1) is 0 Å². The van der Waals surface area contributed by atoms with Crippen molar-refractivity contribution < 1.29 is 4.74 Å². The summed E-state index contributed by atoms with van der Waals surface area (Å²) in [7, 11) is 0. The molecule has 0 heterocycles. The van der Waals surface area contributed by atoms with Gasteiger partial charge in [0, 0.05) is 11.9 Å². The Morgan fingerprint density at radius 1 is 1.14 bits per heavy atom. The first kappa shape index (κ1) is 14.4. The summed E-state index contributed by atoms with van der Waals surface area (Å²) in [5.74, 6) is 2.17. The molecule has 1 atom stereocenters. The van der Waals surface area contributed by atoms with E-state index in [4.69, 9.17) is 4.74 Å². The third kappa shape index (κ3) is 7.81. The molecule has 0 aromatic heterocycles. The van der Waals surface area contributed by atoms with Crippen LogP contribution in [-0.4, -0.2) is 18.5 Å². The van der Waals surface area contributed by atoms with Gasteiger partial charge in [0.15, 0.2) is 0 Å². The average molecular weight is 265 g/mol. The van der Waals surface area contributed by atoms with Crippen molar-refractivity contribution in [2.75, 3.05) is 18.5 Å². The Balaban J connectivity index is 3.33. The summed E-state index contributed by atoms with van der Waals surface area (Å²) in [4.78, 5) is 0. The van der Waals surface area contributed by atoms with E-state index >= 15 is 0 Å². The molecule has 0 saturated heterocycles. The van der Waals surface area contributed by atoms with E-state index in [2.05, 4.69) is 43.6 Å². The Kier molecular flexibility index (Phi) is 9.00. The van der Waals surface area contributed by atoms with Crippen LogP contribution in [0.5, 0.6) is 0 Å². The maximum atomic E-state index is 5.67. The van der Waals surface area contributed by atoms with Crippen LogP contribution in [-0.2, 0) is 4.74 Å². The predicted molar refractivity (Wildman–Crippen MR) is 67.0 cm³/mol. The zero-order chi connectivity index (χ0) is 11.0. The molecule has 0 N–H and O–H groups in total. The van der Waals surface area contributed by atoms with Crippen molar-refractivity contribution >= 4 is 15.9 Å². The first-order chi connectivity index (χ1) is 6.57. The zero-order valence-corrected chi connectivity index (χ0v) is 11.6. The highest BCUT2D eigenvalue weighted by Crippen LogP contribution is 2.14. The van der Waals surface area contributed by atoms with Gasteiger partial charge in [-0.2, -0.15) is 0 Å². The molecule has 1 nitrogen and oxygen atoms in total. The molecule has 0 saturated carbocycles. The van der Waals surface area contributed by atoms with E-state index < -0.39 is 0 Å². The number of hydrogen-bond acceptors (Lipinski definition) is 1. The summed E-state index contributed by atoms with van der Waals surface area (Å²) in [6, 6.07) is 0. The van der Waals surface area contributed by atoms with Gasteiger partial charge in [0.2, 0.25) is 0 Å². The lowest BCUT2D eigenvalue weighted by Gasteiger charge is -2.18. The highest BCUT2D eigenvalue weighted by atomic mass is 79.9. The van der Waals surface area contributed by atoms with Crippen LogP contribution in [0.4, 0.5) is 0 Å². The van der Waals surface area contributed by atoms with Gasteiger partial charge in [0.05, 0.1) is 6.61 Å². The van der Waals surface area contributed by atoms with E-state index in [1.54, 1.807) is 0 Å². The van der Waals surface area contributed by atoms with Crippen molar-refractivity contribution in [3.8, 4) is 0 Å². The summed E-state index contributed by atoms with van der Waals surface area (Å²) in [5.41, 5.74) is 0. The molecule has 2 heteroatoms. The van der Waals surface area contributed by atoms with Crippen molar-refractivity contribution in [1.29, 1.82) is 0 Å². The molecule has 0 aliphatic heterocycles. The first-order valence-electron chi connectivity index (χ1n) is 5.71. The smallest absolute Gasteiger partial charge is 0.0504 e. The average Bonchev–Trinajstić information content (AvgIpc) is 2.10. The van der Waals surface area contributed by atoms with Gasteiger partial charge in [0.25, 0.3) is 0 Å². The summed E-state index contributed by atoms with van der Waals surface area (Å²) < 4.78 is 5.67. The predicted octanol–water partition coefficient (Wildman–Crippen LogP) is 4.11. The lowest BCUT2D eigenvalue weighted by Crippen LogP contribution is -2.17. The van der Waals surface area contributed by atoms with Crippen LogP contribution in [0, 0.1) is 17.8 Å². The fourth-order valence-electron chi connectivity index (χ4n) is 1.24. The van der Waals surface area contributed by atoms with E-state index in [9.17, 15) is 0 Å². The second kappa shape index (κ2) is 8.72. The quantitative estimate of drug-likeness (QED) is 0.474. The van der Waals surface area contributed by atoms with Crippen LogP contribution in [0.2, 0.25) is 0 Å². The van der Waals surface area contributed by atoms with E-state index in [1.165, 1.54) is 12.8 Å². The van der Waals surface area contributed by atoms with E-state index in [0.29, 0.717) is 11.8 Å². The second-order valence-electron chi connectivity index (χ2n) is 4.77. The Morgan fingerprint density at radius 2 is 1.79 bits per heavy atom. The number of alkyl halides is 1. The third-order valence-electron chi connectivity index (χ3n) is 2.54. The van der Waals surface area contributed by atoms with Crippen molar-refractivity contribution in [2.24, 2.45) is 17.8 Å². The minimum Gasteiger partial charge on any atom is -0.381 e. The van der Waals surface area contributed by atoms with E-state index in [0.717, 1.165) is 24.5 Å². The fraction of sp³-hybridized carbons (Fsp3) is 1.00. The molecule has 0 aliphatic carbocycles. The maximum absolute atomic E-state index is 5.67. The Hall–Kier alpha value is 0.440. The SMILES string of the molecule is CC(C)CCCOCC(CBr)C(C)C. The Morgan fingerprint density at radius 3 is 2.21 bits per heavy atom. The summed E-state index contributed by atoms with van der Waals surface area (Å²) in [6.07, 6.45) is 2.48. The minimum absolute atomic E-state index is 0.661. The lowest BCUT2D eigenvalue weighted by atomic mass is 9.99. The lowest BCUT2D eigenvalue weighted by molar-refractivity contribution is 0.0875.